The van der Waals surface area contributed by atoms with E-state index in [0.717, 1.165) is 30.6 Å². The van der Waals surface area contributed by atoms with E-state index in [1.165, 1.54) is 0 Å². The van der Waals surface area contributed by atoms with Crippen molar-refractivity contribution in [3.05, 3.63) is 23.3 Å². The first-order valence-electron chi connectivity index (χ1n) is 8.28. The number of phenolic OH excluding ortho intramolecular Hbond substituents is 1. The number of nitrogens with zero attached hydrogens (tertiary/aromatic N) is 1. The molecule has 5 nitrogen and oxygen atoms in total. The molecule has 1 saturated heterocycles. The number of hydrogen-bond acceptors (Lipinski definition) is 5. The number of aliphatic hydroxyl groups excluding tert-OH is 1. The van der Waals surface area contributed by atoms with E-state index >= 15 is 0 Å². The van der Waals surface area contributed by atoms with Gasteiger partial charge in [-0.2, -0.15) is 0 Å². The van der Waals surface area contributed by atoms with Gasteiger partial charge in [0.15, 0.2) is 11.5 Å². The summed E-state index contributed by atoms with van der Waals surface area (Å²) >= 11 is 0. The number of rotatable bonds is 2. The Kier molecular flexibility index (Phi) is 4.29. The molecule has 0 spiro atoms. The molecule has 1 fully saturated rings. The quantitative estimate of drug-likeness (QED) is 0.875. The summed E-state index contributed by atoms with van der Waals surface area (Å²) in [7, 11) is 1.56. The summed E-state index contributed by atoms with van der Waals surface area (Å²) in [6.07, 6.45) is 0.886. The van der Waals surface area contributed by atoms with E-state index in [0.29, 0.717) is 12.2 Å². The third kappa shape index (κ3) is 3.32. The van der Waals surface area contributed by atoms with Crippen LogP contribution in [-0.4, -0.2) is 53.1 Å². The molecule has 3 atom stereocenters. The van der Waals surface area contributed by atoms with Crippen molar-refractivity contribution >= 4 is 0 Å². The third-order valence-corrected chi connectivity index (χ3v) is 4.72. The van der Waals surface area contributed by atoms with E-state index in [-0.39, 0.29) is 23.5 Å². The Balaban J connectivity index is 1.85. The van der Waals surface area contributed by atoms with Crippen molar-refractivity contribution in [2.75, 3.05) is 20.2 Å². The van der Waals surface area contributed by atoms with Crippen molar-refractivity contribution in [2.45, 2.75) is 57.5 Å². The zero-order chi connectivity index (χ0) is 16.8. The molecule has 0 radical (unpaired) electrons. The molecule has 2 heterocycles. The Bertz CT molecular complexity index is 581. The maximum atomic E-state index is 10.5. The minimum Gasteiger partial charge on any atom is -0.504 e. The topological polar surface area (TPSA) is 62.2 Å². The molecule has 0 unspecified atom stereocenters. The Hall–Kier alpha value is -1.30. The molecule has 2 N–H and O–H groups in total. The average molecular weight is 321 g/mol. The number of aliphatic hydroxyl groups is 1. The number of phenols is 1. The van der Waals surface area contributed by atoms with E-state index in [2.05, 4.69) is 4.90 Å². The lowest BCUT2D eigenvalue weighted by Gasteiger charge is -2.46. The van der Waals surface area contributed by atoms with Crippen LogP contribution in [-0.2, 0) is 11.2 Å². The average Bonchev–Trinajstić information content (AvgIpc) is 2.46. The molecule has 1 aromatic rings. The Labute approximate surface area is 137 Å². The van der Waals surface area contributed by atoms with Crippen LogP contribution in [0.15, 0.2) is 12.1 Å². The van der Waals surface area contributed by atoms with Crippen LogP contribution in [0.2, 0.25) is 0 Å². The first kappa shape index (κ1) is 16.6. The molecular weight excluding hydrogens is 294 g/mol. The normalized spacial score (nSPS) is 28.1. The van der Waals surface area contributed by atoms with Crippen LogP contribution in [0.4, 0.5) is 0 Å². The van der Waals surface area contributed by atoms with Gasteiger partial charge in [0.1, 0.15) is 0 Å². The maximum absolute atomic E-state index is 10.5. The summed E-state index contributed by atoms with van der Waals surface area (Å²) in [5.74, 6) is 0.679. The van der Waals surface area contributed by atoms with Gasteiger partial charge in [-0.1, -0.05) is 0 Å². The molecular formula is C18H27NO4. The SMILES string of the molecule is COc1cc2c(cc1O)CCN1C[C@H](OC(C)(C)C)[C@H](O)C[C@@H]21. The number of aromatic hydroxyl groups is 1. The molecule has 5 heteroatoms. The van der Waals surface area contributed by atoms with Crippen molar-refractivity contribution in [3.63, 3.8) is 0 Å². The number of hydrogen-bond donors (Lipinski definition) is 2. The van der Waals surface area contributed by atoms with E-state index < -0.39 is 6.10 Å². The highest BCUT2D eigenvalue weighted by Gasteiger charge is 2.40. The second-order valence-corrected chi connectivity index (χ2v) is 7.56. The summed E-state index contributed by atoms with van der Waals surface area (Å²) in [5.41, 5.74) is 2.03. The molecule has 2 aliphatic heterocycles. The standard InChI is InChI=1S/C18H27NO4/c1-18(2,3)23-17-10-19-6-5-11-7-14(20)16(22-4)8-12(11)13(19)9-15(17)21/h7-8,13,15,17,20-21H,5-6,9-10H2,1-4H3/t13-,15+,17-/m0/s1. The van der Waals surface area contributed by atoms with Crippen LogP contribution in [0.3, 0.4) is 0 Å². The van der Waals surface area contributed by atoms with Crippen LogP contribution in [0.5, 0.6) is 11.5 Å². The van der Waals surface area contributed by atoms with Crippen molar-refractivity contribution in [2.24, 2.45) is 0 Å². The molecule has 0 aliphatic carbocycles. The largest absolute Gasteiger partial charge is 0.504 e. The van der Waals surface area contributed by atoms with E-state index in [1.807, 2.05) is 26.8 Å². The van der Waals surface area contributed by atoms with Gasteiger partial charge in [0.2, 0.25) is 0 Å². The fourth-order valence-electron chi connectivity index (χ4n) is 3.73. The number of benzene rings is 1. The zero-order valence-corrected chi connectivity index (χ0v) is 14.4. The van der Waals surface area contributed by atoms with Gasteiger partial charge in [-0.3, -0.25) is 4.90 Å². The van der Waals surface area contributed by atoms with Crippen LogP contribution in [0, 0.1) is 0 Å². The predicted octanol–water partition coefficient (Wildman–Crippen LogP) is 2.25. The van der Waals surface area contributed by atoms with E-state index in [9.17, 15) is 10.2 Å². The maximum Gasteiger partial charge on any atom is 0.160 e. The van der Waals surface area contributed by atoms with Crippen molar-refractivity contribution in [1.82, 2.24) is 4.90 Å². The van der Waals surface area contributed by atoms with Crippen molar-refractivity contribution < 1.29 is 19.7 Å². The van der Waals surface area contributed by atoms with E-state index in [4.69, 9.17) is 9.47 Å². The van der Waals surface area contributed by atoms with Crippen LogP contribution >= 0.6 is 0 Å². The fourth-order valence-corrected chi connectivity index (χ4v) is 3.73. The first-order valence-corrected chi connectivity index (χ1v) is 8.28. The first-order chi connectivity index (χ1) is 10.8. The lowest BCUT2D eigenvalue weighted by Crippen LogP contribution is -2.53. The molecule has 0 saturated carbocycles. The van der Waals surface area contributed by atoms with Gasteiger partial charge in [-0.15, -0.1) is 0 Å². The molecule has 3 rings (SSSR count). The zero-order valence-electron chi connectivity index (χ0n) is 14.4. The highest BCUT2D eigenvalue weighted by atomic mass is 16.5. The number of ether oxygens (including phenoxy) is 2. The number of piperidine rings is 1. The van der Waals surface area contributed by atoms with Crippen LogP contribution in [0.25, 0.3) is 0 Å². The molecule has 0 amide bonds. The van der Waals surface area contributed by atoms with Crippen molar-refractivity contribution in [3.8, 4) is 11.5 Å². The summed E-state index contributed by atoms with van der Waals surface area (Å²) in [4.78, 5) is 2.38. The van der Waals surface area contributed by atoms with Gasteiger partial charge in [0.05, 0.1) is 24.9 Å². The minimum atomic E-state index is -0.485. The summed E-state index contributed by atoms with van der Waals surface area (Å²) < 4.78 is 11.3. The fraction of sp³-hybridized carbons (Fsp3) is 0.667. The molecule has 1 aromatic carbocycles. The van der Waals surface area contributed by atoms with Gasteiger partial charge in [0, 0.05) is 19.1 Å². The molecule has 23 heavy (non-hydrogen) atoms. The van der Waals surface area contributed by atoms with Crippen molar-refractivity contribution in [1.29, 1.82) is 0 Å². The third-order valence-electron chi connectivity index (χ3n) is 4.72. The Morgan fingerprint density at radius 1 is 1.26 bits per heavy atom. The van der Waals surface area contributed by atoms with Gasteiger partial charge in [-0.25, -0.2) is 0 Å². The minimum absolute atomic E-state index is 0.156. The summed E-state index contributed by atoms with van der Waals surface area (Å²) in [6.45, 7) is 7.70. The van der Waals surface area contributed by atoms with Gasteiger partial charge < -0.3 is 19.7 Å². The van der Waals surface area contributed by atoms with Crippen LogP contribution < -0.4 is 4.74 Å². The molecule has 2 aliphatic rings. The molecule has 0 aromatic heterocycles. The number of fused-ring (bicyclic) bond motifs is 3. The second kappa shape index (κ2) is 5.96. The van der Waals surface area contributed by atoms with Gasteiger partial charge >= 0.3 is 0 Å². The predicted molar refractivity (Wildman–Crippen MR) is 87.9 cm³/mol. The van der Waals surface area contributed by atoms with Crippen LogP contribution in [0.1, 0.15) is 44.4 Å². The van der Waals surface area contributed by atoms with Gasteiger partial charge in [-0.05, 0) is 56.9 Å². The smallest absolute Gasteiger partial charge is 0.160 e. The monoisotopic (exact) mass is 321 g/mol. The summed E-state index contributed by atoms with van der Waals surface area (Å²) in [6, 6.07) is 3.87. The Morgan fingerprint density at radius 3 is 2.65 bits per heavy atom. The highest BCUT2D eigenvalue weighted by molar-refractivity contribution is 5.48. The Morgan fingerprint density at radius 2 is 2.00 bits per heavy atom. The molecule has 0 bridgehead atoms. The lowest BCUT2D eigenvalue weighted by molar-refractivity contribution is -0.149. The lowest BCUT2D eigenvalue weighted by atomic mass is 9.84. The van der Waals surface area contributed by atoms with Gasteiger partial charge in [0.25, 0.3) is 0 Å². The number of methoxy groups -OCH3 is 1. The highest BCUT2D eigenvalue weighted by Crippen LogP contribution is 2.42. The summed E-state index contributed by atoms with van der Waals surface area (Å²) in [5, 5.41) is 20.5. The second-order valence-electron chi connectivity index (χ2n) is 7.56. The molecule has 128 valence electrons. The van der Waals surface area contributed by atoms with E-state index in [1.54, 1.807) is 13.2 Å².